The third-order valence-corrected chi connectivity index (χ3v) is 7.80. The van der Waals surface area contributed by atoms with Gasteiger partial charge in [0.1, 0.15) is 0 Å². The van der Waals surface area contributed by atoms with Gasteiger partial charge in [0.2, 0.25) is 0 Å². The normalized spacial score (nSPS) is 12.7. The van der Waals surface area contributed by atoms with Crippen molar-refractivity contribution in [3.05, 3.63) is 95.7 Å². The van der Waals surface area contributed by atoms with E-state index in [9.17, 15) is 8.42 Å². The molecule has 3 aromatic carbocycles. The van der Waals surface area contributed by atoms with Gasteiger partial charge in [-0.1, -0.05) is 50.2 Å². The number of benzene rings is 3. The Balaban J connectivity index is 1.82. The van der Waals surface area contributed by atoms with Crippen LogP contribution in [0.15, 0.2) is 88.9 Å². The average Bonchev–Trinajstić information content (AvgIpc) is 2.87. The van der Waals surface area contributed by atoms with E-state index in [2.05, 4.69) is 79.0 Å². The fourth-order valence-corrected chi connectivity index (χ4v) is 5.28. The largest absolute Gasteiger partial charge is 0.305 e. The molecule has 0 aliphatic rings. The monoisotopic (exact) mass is 525 g/mol. The van der Waals surface area contributed by atoms with Crippen molar-refractivity contribution in [1.29, 1.82) is 0 Å². The first kappa shape index (κ1) is 27.4. The number of rotatable bonds is 9. The second kappa shape index (κ2) is 11.0. The lowest BCUT2D eigenvalue weighted by atomic mass is 9.82. The number of fused-ring (bicyclic) bond motifs is 1. The van der Waals surface area contributed by atoms with Crippen molar-refractivity contribution in [2.75, 3.05) is 33.4 Å². The molecule has 1 heterocycles. The fraction of sp³-hybridized carbons (Fsp3) is 0.250. The summed E-state index contributed by atoms with van der Waals surface area (Å²) in [5.74, 6) is 0. The first-order chi connectivity index (χ1) is 18.0. The van der Waals surface area contributed by atoms with Crippen LogP contribution in [0.4, 0.5) is 0 Å². The quantitative estimate of drug-likeness (QED) is 0.188. The maximum absolute atomic E-state index is 11.9. The molecule has 0 saturated heterocycles. The minimum Gasteiger partial charge on any atom is -0.305 e. The Bertz CT molecular complexity index is 1600. The highest BCUT2D eigenvalue weighted by Gasteiger charge is 2.22. The predicted octanol–water partition coefficient (Wildman–Crippen LogP) is 6.39. The van der Waals surface area contributed by atoms with Crippen LogP contribution in [0.25, 0.3) is 33.7 Å². The summed E-state index contributed by atoms with van der Waals surface area (Å²) in [5, 5.41) is 1.09. The topological polar surface area (TPSA) is 62.6 Å². The highest BCUT2D eigenvalue weighted by molar-refractivity contribution is 7.90. The zero-order chi connectivity index (χ0) is 27.5. The van der Waals surface area contributed by atoms with E-state index in [0.29, 0.717) is 18.0 Å². The van der Waals surface area contributed by atoms with E-state index < -0.39 is 9.84 Å². The third kappa shape index (κ3) is 6.26. The van der Waals surface area contributed by atoms with E-state index in [1.165, 1.54) is 11.8 Å². The Kier molecular flexibility index (Phi) is 7.95. The molecule has 0 bridgehead atoms. The lowest BCUT2D eigenvalue weighted by Crippen LogP contribution is -2.21. The van der Waals surface area contributed by atoms with Crippen molar-refractivity contribution < 1.29 is 8.42 Å². The number of hydrogen-bond donors (Lipinski definition) is 0. The van der Waals surface area contributed by atoms with E-state index in [1.807, 2.05) is 38.5 Å². The second-order valence-corrected chi connectivity index (χ2v) is 12.7. The van der Waals surface area contributed by atoms with E-state index in [1.54, 1.807) is 12.1 Å². The molecule has 0 atom stereocenters. The van der Waals surface area contributed by atoms with Gasteiger partial charge in [-0.3, -0.25) is 4.98 Å². The molecule has 0 aliphatic carbocycles. The molecular formula is C32H35N3O2S. The summed E-state index contributed by atoms with van der Waals surface area (Å²) >= 11 is 0. The molecule has 0 saturated carbocycles. The number of likely N-dealkylation sites (N-methyl/N-ethyl adjacent to an activating group) is 1. The van der Waals surface area contributed by atoms with Crippen LogP contribution in [0.3, 0.4) is 0 Å². The molecule has 1 aromatic heterocycles. The first-order valence-corrected chi connectivity index (χ1v) is 14.4. The Morgan fingerprint density at radius 1 is 1.03 bits per heavy atom. The standard InChI is InChI=1S/C32H35N3O2S/c1-32(2,22-33-3)28-19-26-11-8-16-34-31(26)30(20-28)25-10-7-9-23(17-25)18-27(21-35(4)5)24-12-14-29(15-13-24)38(6,36)37/h7-20H,3,21-22H2,1-2,4-6H3/b27-18+. The lowest BCUT2D eigenvalue weighted by molar-refractivity contribution is 0.463. The molecule has 0 amide bonds. The summed E-state index contributed by atoms with van der Waals surface area (Å²) in [6, 6.07) is 24.1. The molecule has 38 heavy (non-hydrogen) atoms. The molecule has 0 radical (unpaired) electrons. The van der Waals surface area contributed by atoms with Crippen molar-refractivity contribution in [1.82, 2.24) is 9.88 Å². The van der Waals surface area contributed by atoms with Gasteiger partial charge in [0.05, 0.1) is 10.4 Å². The molecule has 196 valence electrons. The van der Waals surface area contributed by atoms with Gasteiger partial charge in [-0.25, -0.2) is 8.42 Å². The molecule has 0 unspecified atom stereocenters. The molecule has 4 aromatic rings. The lowest BCUT2D eigenvalue weighted by Gasteiger charge is -2.24. The average molecular weight is 526 g/mol. The zero-order valence-corrected chi connectivity index (χ0v) is 23.6. The predicted molar refractivity (Wildman–Crippen MR) is 161 cm³/mol. The maximum Gasteiger partial charge on any atom is 0.175 e. The fourth-order valence-electron chi connectivity index (χ4n) is 4.65. The van der Waals surface area contributed by atoms with E-state index in [0.717, 1.165) is 38.7 Å². The van der Waals surface area contributed by atoms with Crippen molar-refractivity contribution in [2.24, 2.45) is 4.99 Å². The number of pyridine rings is 1. The minimum absolute atomic E-state index is 0.158. The molecule has 5 nitrogen and oxygen atoms in total. The SMILES string of the molecule is C=NCC(C)(C)c1cc(-c2cccc(/C=C(\CN(C)C)c3ccc(S(C)(=O)=O)cc3)c2)c2ncccc2c1. The van der Waals surface area contributed by atoms with Crippen LogP contribution in [0.2, 0.25) is 0 Å². The van der Waals surface area contributed by atoms with Crippen molar-refractivity contribution in [3.63, 3.8) is 0 Å². The van der Waals surface area contributed by atoms with Crippen LogP contribution in [0.5, 0.6) is 0 Å². The zero-order valence-electron chi connectivity index (χ0n) is 22.8. The molecule has 6 heteroatoms. The Hall–Kier alpha value is -3.61. The molecule has 4 rings (SSSR count). The second-order valence-electron chi connectivity index (χ2n) is 10.7. The van der Waals surface area contributed by atoms with Gasteiger partial charge in [0.25, 0.3) is 0 Å². The molecule has 0 spiro atoms. The van der Waals surface area contributed by atoms with Gasteiger partial charge in [-0.15, -0.1) is 0 Å². The summed E-state index contributed by atoms with van der Waals surface area (Å²) in [4.78, 5) is 11.3. The smallest absolute Gasteiger partial charge is 0.175 e. The van der Waals surface area contributed by atoms with Gasteiger partial charge in [-0.05, 0) is 91.1 Å². The number of aromatic nitrogens is 1. The molecule has 0 fully saturated rings. The molecular weight excluding hydrogens is 490 g/mol. The Labute approximate surface area is 226 Å². The minimum atomic E-state index is -3.24. The van der Waals surface area contributed by atoms with Gasteiger partial charge in [0, 0.05) is 41.9 Å². The van der Waals surface area contributed by atoms with Crippen LogP contribution < -0.4 is 0 Å². The molecule has 0 aliphatic heterocycles. The summed E-state index contributed by atoms with van der Waals surface area (Å²) in [6.45, 7) is 9.43. The van der Waals surface area contributed by atoms with E-state index in [-0.39, 0.29) is 5.41 Å². The highest BCUT2D eigenvalue weighted by Crippen LogP contribution is 2.35. The van der Waals surface area contributed by atoms with Crippen LogP contribution in [-0.4, -0.2) is 58.5 Å². The van der Waals surface area contributed by atoms with Gasteiger partial charge in [-0.2, -0.15) is 0 Å². The van der Waals surface area contributed by atoms with Gasteiger partial charge in [0.15, 0.2) is 9.84 Å². The van der Waals surface area contributed by atoms with Crippen molar-refractivity contribution in [2.45, 2.75) is 24.2 Å². The van der Waals surface area contributed by atoms with Gasteiger partial charge < -0.3 is 9.89 Å². The van der Waals surface area contributed by atoms with Crippen LogP contribution in [-0.2, 0) is 15.3 Å². The number of nitrogens with zero attached hydrogens (tertiary/aromatic N) is 3. The number of sulfone groups is 1. The van der Waals surface area contributed by atoms with Crippen molar-refractivity contribution in [3.8, 4) is 11.1 Å². The first-order valence-electron chi connectivity index (χ1n) is 12.6. The summed E-state index contributed by atoms with van der Waals surface area (Å²) in [7, 11) is 0.808. The van der Waals surface area contributed by atoms with Crippen LogP contribution >= 0.6 is 0 Å². The van der Waals surface area contributed by atoms with Gasteiger partial charge >= 0.3 is 0 Å². The van der Waals surface area contributed by atoms with E-state index >= 15 is 0 Å². The Morgan fingerprint density at radius 2 is 1.76 bits per heavy atom. The highest BCUT2D eigenvalue weighted by atomic mass is 32.2. The third-order valence-electron chi connectivity index (χ3n) is 6.67. The van der Waals surface area contributed by atoms with Crippen LogP contribution in [0, 0.1) is 0 Å². The number of aliphatic imine (C=N–C) groups is 1. The van der Waals surface area contributed by atoms with Crippen LogP contribution in [0.1, 0.15) is 30.5 Å². The summed E-state index contributed by atoms with van der Waals surface area (Å²) < 4.78 is 23.9. The molecule has 0 N–H and O–H groups in total. The number of hydrogen-bond acceptors (Lipinski definition) is 5. The Morgan fingerprint density at radius 3 is 2.42 bits per heavy atom. The van der Waals surface area contributed by atoms with E-state index in [4.69, 9.17) is 4.98 Å². The summed E-state index contributed by atoms with van der Waals surface area (Å²) in [6.07, 6.45) is 5.23. The van der Waals surface area contributed by atoms with Crippen molar-refractivity contribution >= 4 is 39.1 Å². The maximum atomic E-state index is 11.9. The summed E-state index contributed by atoms with van der Waals surface area (Å²) in [5.41, 5.74) is 7.32.